The molecule has 1 amide bonds. The van der Waals surface area contributed by atoms with Crippen molar-refractivity contribution in [2.24, 2.45) is 0 Å². The molecule has 4 heteroatoms. The predicted molar refractivity (Wildman–Crippen MR) is 48.3 cm³/mol. The number of amides is 1. The Hall–Kier alpha value is -0.610. The Morgan fingerprint density at radius 1 is 1.77 bits per heavy atom. The zero-order valence-corrected chi connectivity index (χ0v) is 7.95. The van der Waals surface area contributed by atoms with Crippen LogP contribution in [0.3, 0.4) is 0 Å². The van der Waals surface area contributed by atoms with Crippen LogP contribution in [0, 0.1) is 0 Å². The maximum atomic E-state index is 11.2. The van der Waals surface area contributed by atoms with Crippen molar-refractivity contribution in [2.45, 2.75) is 38.3 Å². The largest absolute Gasteiger partial charge is 0.383 e. The van der Waals surface area contributed by atoms with E-state index in [1.54, 1.807) is 6.92 Å². The van der Waals surface area contributed by atoms with Gasteiger partial charge in [-0.25, -0.2) is 0 Å². The van der Waals surface area contributed by atoms with Crippen LogP contribution in [0.4, 0.5) is 0 Å². The molecule has 1 heterocycles. The normalized spacial score (nSPS) is 25.2. The fraction of sp³-hybridized carbons (Fsp3) is 0.889. The second-order valence-corrected chi connectivity index (χ2v) is 3.35. The van der Waals surface area contributed by atoms with Crippen LogP contribution in [-0.4, -0.2) is 36.4 Å². The molecule has 0 saturated carbocycles. The SMILES string of the molecule is CCC(O)C(=O)N[C@H]1CCCOC1. The van der Waals surface area contributed by atoms with Gasteiger partial charge in [-0.15, -0.1) is 0 Å². The summed E-state index contributed by atoms with van der Waals surface area (Å²) in [5, 5.41) is 12.0. The van der Waals surface area contributed by atoms with Gasteiger partial charge >= 0.3 is 0 Å². The molecule has 0 bridgehead atoms. The average molecular weight is 187 g/mol. The van der Waals surface area contributed by atoms with Crippen LogP contribution in [0.25, 0.3) is 0 Å². The van der Waals surface area contributed by atoms with E-state index in [1.165, 1.54) is 0 Å². The van der Waals surface area contributed by atoms with E-state index in [4.69, 9.17) is 4.74 Å². The highest BCUT2D eigenvalue weighted by Gasteiger charge is 2.19. The van der Waals surface area contributed by atoms with Crippen LogP contribution >= 0.6 is 0 Å². The summed E-state index contributed by atoms with van der Waals surface area (Å²) in [5.74, 6) is -0.280. The molecule has 0 aromatic carbocycles. The van der Waals surface area contributed by atoms with Crippen LogP contribution in [0.1, 0.15) is 26.2 Å². The number of hydrogen-bond acceptors (Lipinski definition) is 3. The van der Waals surface area contributed by atoms with Crippen LogP contribution in [-0.2, 0) is 9.53 Å². The minimum Gasteiger partial charge on any atom is -0.383 e. The third-order valence-electron chi connectivity index (χ3n) is 2.20. The molecule has 1 fully saturated rings. The lowest BCUT2D eigenvalue weighted by molar-refractivity contribution is -0.131. The summed E-state index contributed by atoms with van der Waals surface area (Å²) >= 11 is 0. The van der Waals surface area contributed by atoms with E-state index in [0.29, 0.717) is 13.0 Å². The third-order valence-corrected chi connectivity index (χ3v) is 2.20. The second kappa shape index (κ2) is 5.19. The molecule has 1 rings (SSSR count). The summed E-state index contributed by atoms with van der Waals surface area (Å²) in [6.45, 7) is 3.13. The Kier molecular flexibility index (Phi) is 4.18. The first-order valence-electron chi connectivity index (χ1n) is 4.80. The molecule has 0 aromatic heterocycles. The summed E-state index contributed by atoms with van der Waals surface area (Å²) in [6.07, 6.45) is 1.51. The minimum absolute atomic E-state index is 0.0856. The fourth-order valence-electron chi connectivity index (χ4n) is 1.34. The first-order chi connectivity index (χ1) is 6.24. The van der Waals surface area contributed by atoms with Gasteiger partial charge in [-0.05, 0) is 19.3 Å². The van der Waals surface area contributed by atoms with Gasteiger partial charge in [-0.1, -0.05) is 6.92 Å². The monoisotopic (exact) mass is 187 g/mol. The Labute approximate surface area is 78.3 Å². The first kappa shape index (κ1) is 10.5. The lowest BCUT2D eigenvalue weighted by Gasteiger charge is -2.24. The smallest absolute Gasteiger partial charge is 0.249 e. The van der Waals surface area contributed by atoms with E-state index < -0.39 is 6.10 Å². The topological polar surface area (TPSA) is 58.6 Å². The highest BCUT2D eigenvalue weighted by Crippen LogP contribution is 2.06. The molecule has 2 N–H and O–H groups in total. The number of hydrogen-bond donors (Lipinski definition) is 2. The van der Waals surface area contributed by atoms with Gasteiger partial charge < -0.3 is 15.2 Å². The van der Waals surface area contributed by atoms with Crippen molar-refractivity contribution in [2.75, 3.05) is 13.2 Å². The highest BCUT2D eigenvalue weighted by molar-refractivity contribution is 5.80. The Bertz CT molecular complexity index is 166. The van der Waals surface area contributed by atoms with Gasteiger partial charge in [-0.3, -0.25) is 4.79 Å². The third kappa shape index (κ3) is 3.32. The number of carbonyl (C=O) groups is 1. The maximum absolute atomic E-state index is 11.2. The van der Waals surface area contributed by atoms with Crippen molar-refractivity contribution < 1.29 is 14.6 Å². The molecule has 2 atom stereocenters. The van der Waals surface area contributed by atoms with Crippen LogP contribution in [0.5, 0.6) is 0 Å². The van der Waals surface area contributed by atoms with Crippen molar-refractivity contribution >= 4 is 5.91 Å². The van der Waals surface area contributed by atoms with Crippen molar-refractivity contribution in [3.05, 3.63) is 0 Å². The van der Waals surface area contributed by atoms with Crippen LogP contribution in [0.15, 0.2) is 0 Å². The van der Waals surface area contributed by atoms with Gasteiger partial charge in [0.05, 0.1) is 12.6 Å². The summed E-state index contributed by atoms with van der Waals surface area (Å²) in [6, 6.07) is 0.0856. The van der Waals surface area contributed by atoms with Crippen molar-refractivity contribution in [3.63, 3.8) is 0 Å². The first-order valence-corrected chi connectivity index (χ1v) is 4.80. The van der Waals surface area contributed by atoms with Crippen LogP contribution < -0.4 is 5.32 Å². The maximum Gasteiger partial charge on any atom is 0.249 e. The molecule has 1 aliphatic heterocycles. The number of rotatable bonds is 3. The number of aliphatic hydroxyl groups is 1. The summed E-state index contributed by atoms with van der Waals surface area (Å²) in [5.41, 5.74) is 0. The van der Waals surface area contributed by atoms with E-state index in [9.17, 15) is 9.90 Å². The summed E-state index contributed by atoms with van der Waals surface area (Å²) in [7, 11) is 0. The van der Waals surface area contributed by atoms with Crippen molar-refractivity contribution in [1.82, 2.24) is 5.32 Å². The Morgan fingerprint density at radius 2 is 2.54 bits per heavy atom. The van der Waals surface area contributed by atoms with Gasteiger partial charge in [0.25, 0.3) is 0 Å². The van der Waals surface area contributed by atoms with E-state index in [1.807, 2.05) is 0 Å². The minimum atomic E-state index is -0.873. The van der Waals surface area contributed by atoms with E-state index >= 15 is 0 Å². The van der Waals surface area contributed by atoms with Gasteiger partial charge in [0.2, 0.25) is 5.91 Å². The number of ether oxygens (including phenoxy) is 1. The Morgan fingerprint density at radius 3 is 3.08 bits per heavy atom. The molecule has 0 aromatic rings. The predicted octanol–water partition coefficient (Wildman–Crippen LogP) is 0.0525. The molecule has 0 aliphatic carbocycles. The molecule has 13 heavy (non-hydrogen) atoms. The zero-order valence-electron chi connectivity index (χ0n) is 7.95. The number of aliphatic hydroxyl groups excluding tert-OH is 1. The molecule has 4 nitrogen and oxygen atoms in total. The van der Waals surface area contributed by atoms with Crippen LogP contribution in [0.2, 0.25) is 0 Å². The summed E-state index contributed by atoms with van der Waals surface area (Å²) in [4.78, 5) is 11.2. The quantitative estimate of drug-likeness (QED) is 0.656. The lowest BCUT2D eigenvalue weighted by Crippen LogP contribution is -2.45. The average Bonchev–Trinajstić information content (AvgIpc) is 2.18. The standard InChI is InChI=1S/C9H17NO3/c1-2-8(11)9(12)10-7-4-3-5-13-6-7/h7-8,11H,2-6H2,1H3,(H,10,12)/t7-,8?/m0/s1. The molecular formula is C9H17NO3. The van der Waals surface area contributed by atoms with Gasteiger partial charge in [-0.2, -0.15) is 0 Å². The molecule has 1 aliphatic rings. The zero-order chi connectivity index (χ0) is 9.68. The summed E-state index contributed by atoms with van der Waals surface area (Å²) < 4.78 is 5.20. The van der Waals surface area contributed by atoms with Gasteiger partial charge in [0.15, 0.2) is 0 Å². The fourth-order valence-corrected chi connectivity index (χ4v) is 1.34. The molecule has 1 unspecified atom stereocenters. The lowest BCUT2D eigenvalue weighted by atomic mass is 10.1. The molecule has 76 valence electrons. The number of carbonyl (C=O) groups excluding carboxylic acids is 1. The molecule has 0 radical (unpaired) electrons. The van der Waals surface area contributed by atoms with Gasteiger partial charge in [0.1, 0.15) is 6.10 Å². The number of nitrogens with one attached hydrogen (secondary N) is 1. The molecule has 1 saturated heterocycles. The molecule has 0 spiro atoms. The van der Waals surface area contributed by atoms with Crippen molar-refractivity contribution in [3.8, 4) is 0 Å². The second-order valence-electron chi connectivity index (χ2n) is 3.35. The molecular weight excluding hydrogens is 170 g/mol. The Balaban J connectivity index is 2.26. The highest BCUT2D eigenvalue weighted by atomic mass is 16.5. The van der Waals surface area contributed by atoms with E-state index in [0.717, 1.165) is 19.4 Å². The van der Waals surface area contributed by atoms with E-state index in [2.05, 4.69) is 5.32 Å². The van der Waals surface area contributed by atoms with Gasteiger partial charge in [0, 0.05) is 6.61 Å². The van der Waals surface area contributed by atoms with E-state index in [-0.39, 0.29) is 11.9 Å². The van der Waals surface area contributed by atoms with Crippen molar-refractivity contribution in [1.29, 1.82) is 0 Å².